The van der Waals surface area contributed by atoms with E-state index in [1.54, 1.807) is 0 Å². The molecule has 2 rings (SSSR count). The van der Waals surface area contributed by atoms with E-state index in [1.165, 1.54) is 24.3 Å². The second-order valence-electron chi connectivity index (χ2n) is 4.53. The normalized spacial score (nSPS) is 22.7. The molecule has 2 N–H and O–H groups in total. The van der Waals surface area contributed by atoms with Crippen molar-refractivity contribution in [2.24, 2.45) is 5.92 Å². The van der Waals surface area contributed by atoms with Crippen LogP contribution in [0.25, 0.3) is 0 Å². The van der Waals surface area contributed by atoms with Gasteiger partial charge in [-0.3, -0.25) is 9.59 Å². The third kappa shape index (κ3) is 2.85. The van der Waals surface area contributed by atoms with Crippen LogP contribution in [0.3, 0.4) is 0 Å². The van der Waals surface area contributed by atoms with Crippen molar-refractivity contribution in [3.63, 3.8) is 0 Å². The van der Waals surface area contributed by atoms with Crippen LogP contribution in [0.4, 0.5) is 4.39 Å². The van der Waals surface area contributed by atoms with E-state index in [2.05, 4.69) is 5.32 Å². The Labute approximate surface area is 104 Å². The maximum absolute atomic E-state index is 12.7. The van der Waals surface area contributed by atoms with E-state index in [4.69, 9.17) is 5.11 Å². The summed E-state index contributed by atoms with van der Waals surface area (Å²) < 4.78 is 12.7. The summed E-state index contributed by atoms with van der Waals surface area (Å²) in [5.41, 5.74) is 0.384. The molecule has 1 fully saturated rings. The molecule has 0 aliphatic heterocycles. The summed E-state index contributed by atoms with van der Waals surface area (Å²) in [6, 6.07) is 5.17. The van der Waals surface area contributed by atoms with Gasteiger partial charge in [-0.2, -0.15) is 0 Å². The number of aliphatic carboxylic acids is 1. The molecular weight excluding hydrogens is 237 g/mol. The highest BCUT2D eigenvalue weighted by atomic mass is 19.1. The van der Waals surface area contributed by atoms with Crippen molar-refractivity contribution in [1.82, 2.24) is 5.32 Å². The Hall–Kier alpha value is -1.91. The number of benzene rings is 1. The van der Waals surface area contributed by atoms with Crippen molar-refractivity contribution in [2.75, 3.05) is 0 Å². The summed E-state index contributed by atoms with van der Waals surface area (Å²) in [6.45, 7) is 0. The fourth-order valence-electron chi connectivity index (χ4n) is 2.21. The molecule has 1 aliphatic carbocycles. The summed E-state index contributed by atoms with van der Waals surface area (Å²) in [5, 5.41) is 11.6. The number of rotatable bonds is 3. The Morgan fingerprint density at radius 3 is 2.44 bits per heavy atom. The van der Waals surface area contributed by atoms with Crippen LogP contribution in [0.15, 0.2) is 24.3 Å². The average molecular weight is 251 g/mol. The number of carboxylic acid groups (broad SMARTS) is 1. The zero-order valence-corrected chi connectivity index (χ0v) is 9.73. The van der Waals surface area contributed by atoms with Gasteiger partial charge in [0.15, 0.2) is 0 Å². The van der Waals surface area contributed by atoms with Crippen LogP contribution >= 0.6 is 0 Å². The molecule has 1 aromatic rings. The standard InChI is InChI=1S/C13H14FNO3/c14-10-4-1-8(2-5-10)12(16)15-11-6-3-9(7-11)13(17)18/h1-2,4-5,9,11H,3,6-7H2,(H,15,16)(H,17,18)/t9-,11+/m1/s1. The van der Waals surface area contributed by atoms with Crippen LogP contribution in [-0.2, 0) is 4.79 Å². The smallest absolute Gasteiger partial charge is 0.306 e. The molecule has 0 spiro atoms. The molecule has 0 saturated heterocycles. The van der Waals surface area contributed by atoms with Crippen LogP contribution in [0.5, 0.6) is 0 Å². The summed E-state index contributed by atoms with van der Waals surface area (Å²) in [4.78, 5) is 22.6. The highest BCUT2D eigenvalue weighted by molar-refractivity contribution is 5.94. The second kappa shape index (κ2) is 5.16. The Morgan fingerprint density at radius 2 is 1.89 bits per heavy atom. The lowest BCUT2D eigenvalue weighted by Gasteiger charge is -2.12. The largest absolute Gasteiger partial charge is 0.481 e. The monoisotopic (exact) mass is 251 g/mol. The van der Waals surface area contributed by atoms with Gasteiger partial charge in [0.25, 0.3) is 5.91 Å². The van der Waals surface area contributed by atoms with Crippen molar-refractivity contribution < 1.29 is 19.1 Å². The summed E-state index contributed by atoms with van der Waals surface area (Å²) >= 11 is 0. The first-order valence-electron chi connectivity index (χ1n) is 5.85. The number of carbonyl (C=O) groups is 2. The molecule has 96 valence electrons. The predicted molar refractivity (Wildman–Crippen MR) is 62.6 cm³/mol. The average Bonchev–Trinajstić information content (AvgIpc) is 2.78. The molecule has 0 heterocycles. The van der Waals surface area contributed by atoms with Gasteiger partial charge in [0, 0.05) is 11.6 Å². The van der Waals surface area contributed by atoms with Crippen molar-refractivity contribution in [2.45, 2.75) is 25.3 Å². The Kier molecular flexibility index (Phi) is 3.60. The van der Waals surface area contributed by atoms with E-state index < -0.39 is 11.8 Å². The first-order chi connectivity index (χ1) is 8.56. The van der Waals surface area contributed by atoms with Crippen LogP contribution in [0.1, 0.15) is 29.6 Å². The third-order valence-corrected chi connectivity index (χ3v) is 3.22. The molecule has 18 heavy (non-hydrogen) atoms. The molecule has 0 bridgehead atoms. The van der Waals surface area contributed by atoms with Gasteiger partial charge in [-0.05, 0) is 43.5 Å². The topological polar surface area (TPSA) is 66.4 Å². The molecule has 0 radical (unpaired) electrons. The van der Waals surface area contributed by atoms with Crippen LogP contribution in [-0.4, -0.2) is 23.0 Å². The fourth-order valence-corrected chi connectivity index (χ4v) is 2.21. The number of nitrogens with one attached hydrogen (secondary N) is 1. The van der Waals surface area contributed by atoms with Gasteiger partial charge in [-0.1, -0.05) is 0 Å². The molecule has 1 aromatic carbocycles. The molecule has 1 saturated carbocycles. The second-order valence-corrected chi connectivity index (χ2v) is 4.53. The zero-order valence-electron chi connectivity index (χ0n) is 9.73. The minimum Gasteiger partial charge on any atom is -0.481 e. The van der Waals surface area contributed by atoms with Gasteiger partial charge < -0.3 is 10.4 Å². The highest BCUT2D eigenvalue weighted by Crippen LogP contribution is 2.25. The minimum atomic E-state index is -0.812. The molecular formula is C13H14FNO3. The fraction of sp³-hybridized carbons (Fsp3) is 0.385. The Balaban J connectivity index is 1.92. The van der Waals surface area contributed by atoms with E-state index >= 15 is 0 Å². The van der Waals surface area contributed by atoms with Crippen LogP contribution < -0.4 is 5.32 Å². The van der Waals surface area contributed by atoms with Gasteiger partial charge in [-0.15, -0.1) is 0 Å². The Bertz CT molecular complexity index is 458. The lowest BCUT2D eigenvalue weighted by molar-refractivity contribution is -0.141. The van der Waals surface area contributed by atoms with Gasteiger partial charge in [-0.25, -0.2) is 4.39 Å². The first kappa shape index (κ1) is 12.5. The first-order valence-corrected chi connectivity index (χ1v) is 5.85. The highest BCUT2D eigenvalue weighted by Gasteiger charge is 2.30. The quantitative estimate of drug-likeness (QED) is 0.861. The minimum absolute atomic E-state index is 0.108. The van der Waals surface area contributed by atoms with Gasteiger partial charge in [0.2, 0.25) is 0 Å². The lowest BCUT2D eigenvalue weighted by Crippen LogP contribution is -2.33. The summed E-state index contributed by atoms with van der Waals surface area (Å²) in [7, 11) is 0. The summed E-state index contributed by atoms with van der Waals surface area (Å²) in [6.07, 6.45) is 1.72. The number of hydrogen-bond donors (Lipinski definition) is 2. The van der Waals surface area contributed by atoms with Crippen LogP contribution in [0, 0.1) is 11.7 Å². The molecule has 0 aromatic heterocycles. The lowest BCUT2D eigenvalue weighted by atomic mass is 10.1. The number of carbonyl (C=O) groups excluding carboxylic acids is 1. The van der Waals surface area contributed by atoms with Crippen molar-refractivity contribution >= 4 is 11.9 Å². The van der Waals surface area contributed by atoms with Crippen LogP contribution in [0.2, 0.25) is 0 Å². The van der Waals surface area contributed by atoms with E-state index in [1.807, 2.05) is 0 Å². The maximum atomic E-state index is 12.7. The van der Waals surface area contributed by atoms with Gasteiger partial charge >= 0.3 is 5.97 Å². The van der Waals surface area contributed by atoms with Crippen molar-refractivity contribution in [3.05, 3.63) is 35.6 Å². The van der Waals surface area contributed by atoms with E-state index in [-0.39, 0.29) is 17.9 Å². The van der Waals surface area contributed by atoms with E-state index in [0.717, 1.165) is 0 Å². The number of amides is 1. The van der Waals surface area contributed by atoms with Gasteiger partial charge in [0.1, 0.15) is 5.82 Å². The summed E-state index contributed by atoms with van der Waals surface area (Å²) in [5.74, 6) is -1.86. The molecule has 1 amide bonds. The molecule has 0 unspecified atom stereocenters. The Morgan fingerprint density at radius 1 is 1.22 bits per heavy atom. The zero-order chi connectivity index (χ0) is 13.1. The number of halogens is 1. The molecule has 5 heteroatoms. The third-order valence-electron chi connectivity index (χ3n) is 3.22. The number of carboxylic acids is 1. The van der Waals surface area contributed by atoms with E-state index in [9.17, 15) is 14.0 Å². The van der Waals surface area contributed by atoms with Crippen molar-refractivity contribution in [1.29, 1.82) is 0 Å². The van der Waals surface area contributed by atoms with Crippen molar-refractivity contribution in [3.8, 4) is 0 Å². The van der Waals surface area contributed by atoms with Gasteiger partial charge in [0.05, 0.1) is 5.92 Å². The SMILES string of the molecule is O=C(N[C@H]1CC[C@@H](C(=O)O)C1)c1ccc(F)cc1. The maximum Gasteiger partial charge on any atom is 0.306 e. The molecule has 2 atom stereocenters. The number of hydrogen-bond acceptors (Lipinski definition) is 2. The predicted octanol–water partition coefficient (Wildman–Crippen LogP) is 1.81. The molecule has 4 nitrogen and oxygen atoms in total. The van der Waals surface area contributed by atoms with E-state index in [0.29, 0.717) is 24.8 Å². The molecule has 1 aliphatic rings.